The first-order valence-corrected chi connectivity index (χ1v) is 7.97. The molecule has 2 rings (SSSR count). The van der Waals surface area contributed by atoms with Gasteiger partial charge in [0.25, 0.3) is 0 Å². The predicted molar refractivity (Wildman–Crippen MR) is 79.5 cm³/mol. The SMILES string of the molecule is CCOC(=O)C(C)OC1=CC(=O)C[C@H]2CCC[C@H](C)[C@@]12C. The van der Waals surface area contributed by atoms with Crippen molar-refractivity contribution in [1.29, 1.82) is 0 Å². The summed E-state index contributed by atoms with van der Waals surface area (Å²) in [6, 6.07) is 0. The van der Waals surface area contributed by atoms with Crippen LogP contribution in [0.1, 0.15) is 53.4 Å². The van der Waals surface area contributed by atoms with Gasteiger partial charge in [-0.1, -0.05) is 20.3 Å². The first-order chi connectivity index (χ1) is 9.89. The summed E-state index contributed by atoms with van der Waals surface area (Å²) < 4.78 is 10.9. The summed E-state index contributed by atoms with van der Waals surface area (Å²) in [5.41, 5.74) is -0.146. The van der Waals surface area contributed by atoms with Crippen LogP contribution in [-0.4, -0.2) is 24.5 Å². The number of hydrogen-bond acceptors (Lipinski definition) is 4. The van der Waals surface area contributed by atoms with E-state index in [1.807, 2.05) is 0 Å². The Morgan fingerprint density at radius 1 is 1.48 bits per heavy atom. The molecule has 21 heavy (non-hydrogen) atoms. The van der Waals surface area contributed by atoms with Crippen molar-refractivity contribution in [2.75, 3.05) is 6.61 Å². The summed E-state index contributed by atoms with van der Waals surface area (Å²) in [5.74, 6) is 1.18. The van der Waals surface area contributed by atoms with Crippen LogP contribution >= 0.6 is 0 Å². The van der Waals surface area contributed by atoms with Crippen LogP contribution in [0, 0.1) is 17.3 Å². The van der Waals surface area contributed by atoms with Crippen molar-refractivity contribution in [1.82, 2.24) is 0 Å². The van der Waals surface area contributed by atoms with Crippen LogP contribution in [0.4, 0.5) is 0 Å². The van der Waals surface area contributed by atoms with Gasteiger partial charge in [0.05, 0.1) is 6.61 Å². The third kappa shape index (κ3) is 2.99. The molecule has 0 spiro atoms. The van der Waals surface area contributed by atoms with Gasteiger partial charge in [-0.2, -0.15) is 0 Å². The van der Waals surface area contributed by atoms with E-state index in [0.29, 0.717) is 30.6 Å². The predicted octanol–water partition coefficient (Wildman–Crippen LogP) is 3.25. The lowest BCUT2D eigenvalue weighted by molar-refractivity contribution is -0.155. The topological polar surface area (TPSA) is 52.6 Å². The highest BCUT2D eigenvalue weighted by atomic mass is 16.6. The fourth-order valence-electron chi connectivity index (χ4n) is 3.69. The molecule has 4 heteroatoms. The van der Waals surface area contributed by atoms with Crippen LogP contribution in [0.3, 0.4) is 0 Å². The molecule has 0 aromatic heterocycles. The second kappa shape index (κ2) is 6.20. The molecule has 0 amide bonds. The van der Waals surface area contributed by atoms with E-state index in [4.69, 9.17) is 9.47 Å². The number of ether oxygens (including phenoxy) is 2. The molecule has 0 aromatic carbocycles. The van der Waals surface area contributed by atoms with Crippen LogP contribution in [0.15, 0.2) is 11.8 Å². The molecule has 0 aliphatic heterocycles. The third-order valence-corrected chi connectivity index (χ3v) is 5.25. The maximum Gasteiger partial charge on any atom is 0.346 e. The van der Waals surface area contributed by atoms with Crippen molar-refractivity contribution in [3.63, 3.8) is 0 Å². The molecule has 0 saturated heterocycles. The quantitative estimate of drug-likeness (QED) is 0.747. The minimum atomic E-state index is -0.672. The van der Waals surface area contributed by atoms with Gasteiger partial charge in [-0.05, 0) is 38.5 Å². The molecule has 0 aromatic rings. The highest BCUT2D eigenvalue weighted by Crippen LogP contribution is 2.53. The number of esters is 1. The van der Waals surface area contributed by atoms with Crippen molar-refractivity contribution >= 4 is 11.8 Å². The lowest BCUT2D eigenvalue weighted by Crippen LogP contribution is -2.44. The van der Waals surface area contributed by atoms with Crippen molar-refractivity contribution in [3.8, 4) is 0 Å². The van der Waals surface area contributed by atoms with Crippen LogP contribution in [0.5, 0.6) is 0 Å². The van der Waals surface area contributed by atoms with Gasteiger partial charge in [-0.15, -0.1) is 0 Å². The molecule has 0 bridgehead atoms. The summed E-state index contributed by atoms with van der Waals surface area (Å²) in [6.45, 7) is 8.19. The first-order valence-electron chi connectivity index (χ1n) is 7.97. The van der Waals surface area contributed by atoms with Crippen molar-refractivity contribution in [2.45, 2.75) is 59.5 Å². The van der Waals surface area contributed by atoms with Gasteiger partial charge in [0.15, 0.2) is 11.9 Å². The van der Waals surface area contributed by atoms with Gasteiger partial charge in [-0.3, -0.25) is 4.79 Å². The Labute approximate surface area is 126 Å². The summed E-state index contributed by atoms with van der Waals surface area (Å²) in [7, 11) is 0. The normalized spacial score (nSPS) is 33.7. The molecular weight excluding hydrogens is 268 g/mol. The average Bonchev–Trinajstić information content (AvgIpc) is 2.42. The maximum atomic E-state index is 12.0. The molecule has 4 atom stereocenters. The molecular formula is C17H26O4. The Morgan fingerprint density at radius 3 is 2.86 bits per heavy atom. The van der Waals surface area contributed by atoms with E-state index in [0.717, 1.165) is 19.3 Å². The Bertz CT molecular complexity index is 454. The van der Waals surface area contributed by atoms with E-state index in [1.54, 1.807) is 19.9 Å². The van der Waals surface area contributed by atoms with E-state index < -0.39 is 6.10 Å². The lowest BCUT2D eigenvalue weighted by Gasteiger charge is -2.49. The average molecular weight is 294 g/mol. The van der Waals surface area contributed by atoms with Crippen molar-refractivity contribution < 1.29 is 19.1 Å². The zero-order valence-corrected chi connectivity index (χ0v) is 13.5. The van der Waals surface area contributed by atoms with E-state index in [-0.39, 0.29) is 17.2 Å². The zero-order chi connectivity index (χ0) is 15.6. The zero-order valence-electron chi connectivity index (χ0n) is 13.5. The Kier molecular flexibility index (Phi) is 4.74. The molecule has 2 aliphatic rings. The minimum absolute atomic E-state index is 0.109. The summed E-state index contributed by atoms with van der Waals surface area (Å²) >= 11 is 0. The maximum absolute atomic E-state index is 12.0. The van der Waals surface area contributed by atoms with Crippen molar-refractivity contribution in [2.24, 2.45) is 17.3 Å². The van der Waals surface area contributed by atoms with Crippen LogP contribution < -0.4 is 0 Å². The summed E-state index contributed by atoms with van der Waals surface area (Å²) in [6.07, 6.45) is 4.88. The second-order valence-electron chi connectivity index (χ2n) is 6.50. The first kappa shape index (κ1) is 16.1. The number of allylic oxidation sites excluding steroid dienone is 2. The third-order valence-electron chi connectivity index (χ3n) is 5.25. The van der Waals surface area contributed by atoms with Gasteiger partial charge < -0.3 is 9.47 Å². The van der Waals surface area contributed by atoms with Gasteiger partial charge in [0, 0.05) is 17.9 Å². The Hall–Kier alpha value is -1.32. The highest BCUT2D eigenvalue weighted by molar-refractivity contribution is 5.91. The molecule has 1 saturated carbocycles. The number of rotatable bonds is 4. The molecule has 1 fully saturated rings. The monoisotopic (exact) mass is 294 g/mol. The van der Waals surface area contributed by atoms with Crippen molar-refractivity contribution in [3.05, 3.63) is 11.8 Å². The fraction of sp³-hybridized carbons (Fsp3) is 0.765. The lowest BCUT2D eigenvalue weighted by atomic mass is 9.57. The fourth-order valence-corrected chi connectivity index (χ4v) is 3.69. The number of carbonyl (C=O) groups is 2. The highest BCUT2D eigenvalue weighted by Gasteiger charge is 2.49. The standard InChI is InChI=1S/C17H26O4/c1-5-20-16(19)12(3)21-15-10-14(18)9-13-8-6-7-11(2)17(13,15)4/h10-13H,5-9H2,1-4H3/t11-,12?,13+,17+/m0/s1. The number of ketones is 1. The second-order valence-corrected chi connectivity index (χ2v) is 6.50. The van der Waals surface area contributed by atoms with Gasteiger partial charge in [-0.25, -0.2) is 4.79 Å². The van der Waals surface area contributed by atoms with E-state index >= 15 is 0 Å². The van der Waals surface area contributed by atoms with Gasteiger partial charge in [0.1, 0.15) is 5.76 Å². The molecule has 2 aliphatic carbocycles. The minimum Gasteiger partial charge on any atom is -0.483 e. The molecule has 0 radical (unpaired) electrons. The van der Waals surface area contributed by atoms with Crippen LogP contribution in [-0.2, 0) is 19.1 Å². The summed E-state index contributed by atoms with van der Waals surface area (Å²) in [5, 5.41) is 0. The van der Waals surface area contributed by atoms with Crippen LogP contribution in [0.2, 0.25) is 0 Å². The molecule has 4 nitrogen and oxygen atoms in total. The van der Waals surface area contributed by atoms with Gasteiger partial charge in [0.2, 0.25) is 0 Å². The summed E-state index contributed by atoms with van der Waals surface area (Å²) in [4.78, 5) is 23.8. The smallest absolute Gasteiger partial charge is 0.346 e. The van der Waals surface area contributed by atoms with E-state index in [1.165, 1.54) is 0 Å². The molecule has 118 valence electrons. The number of hydrogen-bond donors (Lipinski definition) is 0. The van der Waals surface area contributed by atoms with E-state index in [9.17, 15) is 9.59 Å². The largest absolute Gasteiger partial charge is 0.483 e. The van der Waals surface area contributed by atoms with E-state index in [2.05, 4.69) is 13.8 Å². The molecule has 0 heterocycles. The Morgan fingerprint density at radius 2 is 2.19 bits per heavy atom. The van der Waals surface area contributed by atoms with Crippen LogP contribution in [0.25, 0.3) is 0 Å². The number of fused-ring (bicyclic) bond motifs is 1. The Balaban J connectivity index is 2.22. The van der Waals surface area contributed by atoms with Gasteiger partial charge >= 0.3 is 5.97 Å². The molecule has 0 N–H and O–H groups in total. The number of carbonyl (C=O) groups excluding carboxylic acids is 2. The molecule has 1 unspecified atom stereocenters.